The monoisotopic (exact) mass is 376 g/mol. The summed E-state index contributed by atoms with van der Waals surface area (Å²) in [6.07, 6.45) is 5.78. The molecular formula is C20H20N6O2. The lowest BCUT2D eigenvalue weighted by atomic mass is 10.0. The Morgan fingerprint density at radius 1 is 1.11 bits per heavy atom. The summed E-state index contributed by atoms with van der Waals surface area (Å²) in [5.74, 6) is -0.228. The highest BCUT2D eigenvalue weighted by Gasteiger charge is 2.37. The van der Waals surface area contributed by atoms with Gasteiger partial charge in [-0.15, -0.1) is 0 Å². The SMILES string of the molecule is Cc1cnc(C(=O)N2CCC[C@H]2C(=O)c2cnn(-c3ccccc3)c2N)cn1. The summed E-state index contributed by atoms with van der Waals surface area (Å²) in [7, 11) is 0. The van der Waals surface area contributed by atoms with Gasteiger partial charge < -0.3 is 10.6 Å². The molecule has 1 aliphatic heterocycles. The number of aromatic nitrogens is 4. The number of amides is 1. The Balaban J connectivity index is 1.60. The van der Waals surface area contributed by atoms with Crippen molar-refractivity contribution in [1.82, 2.24) is 24.6 Å². The zero-order valence-electron chi connectivity index (χ0n) is 15.4. The lowest BCUT2D eigenvalue weighted by Crippen LogP contribution is -2.41. The first-order valence-electron chi connectivity index (χ1n) is 9.09. The normalized spacial score (nSPS) is 16.3. The summed E-state index contributed by atoms with van der Waals surface area (Å²) in [5.41, 5.74) is 8.26. The molecule has 142 valence electrons. The Bertz CT molecular complexity index is 1010. The number of para-hydroxylation sites is 1. The number of likely N-dealkylation sites (tertiary alicyclic amines) is 1. The third kappa shape index (κ3) is 3.13. The third-order valence-corrected chi connectivity index (χ3v) is 4.89. The number of rotatable bonds is 4. The molecule has 4 rings (SSSR count). The molecule has 0 bridgehead atoms. The van der Waals surface area contributed by atoms with Gasteiger partial charge in [-0.2, -0.15) is 5.10 Å². The zero-order valence-corrected chi connectivity index (χ0v) is 15.4. The second-order valence-electron chi connectivity index (χ2n) is 6.75. The number of carbonyl (C=O) groups is 2. The maximum atomic E-state index is 13.1. The number of carbonyl (C=O) groups excluding carboxylic acids is 2. The van der Waals surface area contributed by atoms with Crippen molar-refractivity contribution in [2.24, 2.45) is 0 Å². The van der Waals surface area contributed by atoms with Crippen molar-refractivity contribution < 1.29 is 9.59 Å². The maximum Gasteiger partial charge on any atom is 0.274 e. The van der Waals surface area contributed by atoms with Crippen molar-refractivity contribution in [3.05, 3.63) is 65.9 Å². The number of Topliss-reactive ketones (excluding diaryl/α,β-unsaturated/α-hetero) is 1. The number of aryl methyl sites for hydroxylation is 1. The van der Waals surface area contributed by atoms with Crippen molar-refractivity contribution in [1.29, 1.82) is 0 Å². The second kappa shape index (κ2) is 7.22. The summed E-state index contributed by atoms with van der Waals surface area (Å²) >= 11 is 0. The highest BCUT2D eigenvalue weighted by molar-refractivity contribution is 6.06. The van der Waals surface area contributed by atoms with E-state index in [9.17, 15) is 9.59 Å². The molecule has 28 heavy (non-hydrogen) atoms. The highest BCUT2D eigenvalue weighted by atomic mass is 16.2. The second-order valence-corrected chi connectivity index (χ2v) is 6.75. The molecule has 3 aromatic rings. The Labute approximate surface area is 162 Å². The van der Waals surface area contributed by atoms with Crippen LogP contribution in [-0.4, -0.2) is 48.9 Å². The Morgan fingerprint density at radius 3 is 2.61 bits per heavy atom. The summed E-state index contributed by atoms with van der Waals surface area (Å²) in [4.78, 5) is 35.8. The van der Waals surface area contributed by atoms with Crippen LogP contribution < -0.4 is 5.73 Å². The van der Waals surface area contributed by atoms with E-state index < -0.39 is 6.04 Å². The predicted octanol–water partition coefficient (Wildman–Crippen LogP) is 2.04. The van der Waals surface area contributed by atoms with Crippen LogP contribution in [0.1, 0.15) is 39.4 Å². The van der Waals surface area contributed by atoms with Crippen LogP contribution >= 0.6 is 0 Å². The van der Waals surface area contributed by atoms with Crippen LogP contribution in [0.15, 0.2) is 48.9 Å². The minimum absolute atomic E-state index is 0.203. The Morgan fingerprint density at radius 2 is 1.89 bits per heavy atom. The number of nitrogens with two attached hydrogens (primary N) is 1. The molecule has 8 nitrogen and oxygen atoms in total. The van der Waals surface area contributed by atoms with Gasteiger partial charge in [0.15, 0.2) is 5.78 Å². The highest BCUT2D eigenvalue weighted by Crippen LogP contribution is 2.26. The molecule has 0 saturated carbocycles. The fraction of sp³-hybridized carbons (Fsp3) is 0.250. The van der Waals surface area contributed by atoms with Crippen LogP contribution in [-0.2, 0) is 0 Å². The van der Waals surface area contributed by atoms with Gasteiger partial charge in [-0.05, 0) is 31.9 Å². The van der Waals surface area contributed by atoms with Crippen LogP contribution in [0.3, 0.4) is 0 Å². The molecule has 0 spiro atoms. The van der Waals surface area contributed by atoms with E-state index in [1.165, 1.54) is 17.1 Å². The van der Waals surface area contributed by atoms with Gasteiger partial charge in [-0.3, -0.25) is 14.6 Å². The summed E-state index contributed by atoms with van der Waals surface area (Å²) in [6.45, 7) is 2.30. The fourth-order valence-corrected chi connectivity index (χ4v) is 3.43. The van der Waals surface area contributed by atoms with Gasteiger partial charge >= 0.3 is 0 Å². The molecule has 8 heteroatoms. The number of ketones is 1. The minimum atomic E-state index is -0.577. The molecule has 2 N–H and O–H groups in total. The number of hydrogen-bond donors (Lipinski definition) is 1. The maximum absolute atomic E-state index is 13.1. The summed E-state index contributed by atoms with van der Waals surface area (Å²) in [6, 6.07) is 8.78. The van der Waals surface area contributed by atoms with Gasteiger partial charge in [-0.1, -0.05) is 18.2 Å². The van der Waals surface area contributed by atoms with Gasteiger partial charge in [0, 0.05) is 12.7 Å². The molecule has 1 amide bonds. The van der Waals surface area contributed by atoms with E-state index >= 15 is 0 Å². The van der Waals surface area contributed by atoms with E-state index in [-0.39, 0.29) is 23.2 Å². The first-order chi connectivity index (χ1) is 13.6. The molecule has 3 heterocycles. The van der Waals surface area contributed by atoms with Crippen molar-refractivity contribution in [3.63, 3.8) is 0 Å². The zero-order chi connectivity index (χ0) is 19.7. The van der Waals surface area contributed by atoms with Gasteiger partial charge in [0.25, 0.3) is 5.91 Å². The molecular weight excluding hydrogens is 356 g/mol. The largest absolute Gasteiger partial charge is 0.383 e. The molecule has 1 aliphatic rings. The van der Waals surface area contributed by atoms with Gasteiger partial charge in [0.2, 0.25) is 0 Å². The van der Waals surface area contributed by atoms with Crippen molar-refractivity contribution in [2.45, 2.75) is 25.8 Å². The molecule has 1 saturated heterocycles. The predicted molar refractivity (Wildman–Crippen MR) is 103 cm³/mol. The number of nitrogens with zero attached hydrogens (tertiary/aromatic N) is 5. The fourth-order valence-electron chi connectivity index (χ4n) is 3.43. The third-order valence-electron chi connectivity index (χ3n) is 4.89. The topological polar surface area (TPSA) is 107 Å². The van der Waals surface area contributed by atoms with Crippen LogP contribution in [0.25, 0.3) is 5.69 Å². The summed E-state index contributed by atoms with van der Waals surface area (Å²) in [5, 5.41) is 4.26. The average Bonchev–Trinajstić information content (AvgIpc) is 3.35. The average molecular weight is 376 g/mol. The van der Waals surface area contributed by atoms with Gasteiger partial charge in [0.05, 0.1) is 35.4 Å². The van der Waals surface area contributed by atoms with Crippen molar-refractivity contribution >= 4 is 17.5 Å². The number of benzene rings is 1. The van der Waals surface area contributed by atoms with E-state index in [0.29, 0.717) is 18.5 Å². The summed E-state index contributed by atoms with van der Waals surface area (Å²) < 4.78 is 1.53. The molecule has 1 fully saturated rings. The van der Waals surface area contributed by atoms with E-state index in [1.54, 1.807) is 18.0 Å². The van der Waals surface area contributed by atoms with Crippen LogP contribution in [0.5, 0.6) is 0 Å². The quantitative estimate of drug-likeness (QED) is 0.698. The molecule has 0 radical (unpaired) electrons. The lowest BCUT2D eigenvalue weighted by molar-refractivity contribution is 0.0667. The minimum Gasteiger partial charge on any atom is -0.383 e. The Hall–Kier alpha value is -3.55. The number of nitrogen functional groups attached to an aromatic ring is 1. The smallest absolute Gasteiger partial charge is 0.274 e. The van der Waals surface area contributed by atoms with Gasteiger partial charge in [0.1, 0.15) is 11.5 Å². The molecule has 1 aromatic carbocycles. The van der Waals surface area contributed by atoms with Crippen LogP contribution in [0.4, 0.5) is 5.82 Å². The molecule has 2 aromatic heterocycles. The van der Waals surface area contributed by atoms with Gasteiger partial charge in [-0.25, -0.2) is 9.67 Å². The number of hydrogen-bond acceptors (Lipinski definition) is 6. The van der Waals surface area contributed by atoms with E-state index in [2.05, 4.69) is 15.1 Å². The van der Waals surface area contributed by atoms with Crippen molar-refractivity contribution in [2.75, 3.05) is 12.3 Å². The van der Waals surface area contributed by atoms with Crippen molar-refractivity contribution in [3.8, 4) is 5.69 Å². The van der Waals surface area contributed by atoms with Crippen LogP contribution in [0, 0.1) is 6.92 Å². The van der Waals surface area contributed by atoms with E-state index in [1.807, 2.05) is 30.3 Å². The standard InChI is InChI=1S/C20H20N6O2/c1-13-10-23-16(12-22-13)20(28)25-9-5-8-17(25)18(27)15-11-24-26(19(15)21)14-6-3-2-4-7-14/h2-4,6-7,10-12,17H,5,8-9,21H2,1H3/t17-/m0/s1. The first kappa shape index (κ1) is 17.8. The van der Waals surface area contributed by atoms with E-state index in [0.717, 1.165) is 17.8 Å². The lowest BCUT2D eigenvalue weighted by Gasteiger charge is -2.23. The Kier molecular flexibility index (Phi) is 4.60. The first-order valence-corrected chi connectivity index (χ1v) is 9.09. The molecule has 0 unspecified atom stereocenters. The van der Waals surface area contributed by atoms with Crippen LogP contribution in [0.2, 0.25) is 0 Å². The molecule has 1 atom stereocenters. The molecule has 0 aliphatic carbocycles. The van der Waals surface area contributed by atoms with E-state index in [4.69, 9.17) is 5.73 Å². The number of anilines is 1.